The number of hydrogen-bond acceptors (Lipinski definition) is 5. The van der Waals surface area contributed by atoms with Gasteiger partial charge < -0.3 is 14.8 Å². The van der Waals surface area contributed by atoms with Crippen LogP contribution in [0.1, 0.15) is 29.8 Å². The van der Waals surface area contributed by atoms with Crippen molar-refractivity contribution < 1.29 is 14.3 Å². The number of carbonyl (C=O) groups excluding carboxylic acids is 1. The quantitative estimate of drug-likeness (QED) is 0.647. The van der Waals surface area contributed by atoms with Crippen molar-refractivity contribution in [2.45, 2.75) is 32.4 Å². The molecule has 2 N–H and O–H groups in total. The number of aryl methyl sites for hydroxylation is 1. The smallest absolute Gasteiger partial charge is 0.276 e. The standard InChI is InChI=1S/C20H24N4O4/c1-12-16(20(26)24-17(22-12)9-10-21-24)11-18(25)23-13(2)19(28-4)14-5-7-15(27-3)8-6-14/h5-10,13,19,21H,11H2,1-4H3,(H,23,25). The number of aromatic amines is 1. The number of nitrogens with zero attached hydrogens (tertiary/aromatic N) is 2. The van der Waals surface area contributed by atoms with Gasteiger partial charge in [-0.15, -0.1) is 0 Å². The number of nitrogens with one attached hydrogen (secondary N) is 2. The minimum absolute atomic E-state index is 0.0526. The van der Waals surface area contributed by atoms with Crippen LogP contribution >= 0.6 is 0 Å². The Labute approximate surface area is 162 Å². The van der Waals surface area contributed by atoms with Gasteiger partial charge in [0.2, 0.25) is 5.91 Å². The average Bonchev–Trinajstić information content (AvgIpc) is 3.14. The normalized spacial score (nSPS) is 13.3. The molecular formula is C20H24N4O4. The molecule has 3 aromatic rings. The van der Waals surface area contributed by atoms with Crippen LogP contribution < -0.4 is 15.6 Å². The van der Waals surface area contributed by atoms with Crippen LogP contribution in [0.5, 0.6) is 5.75 Å². The molecule has 0 aliphatic rings. The molecule has 0 aliphatic carbocycles. The highest BCUT2D eigenvalue weighted by molar-refractivity contribution is 5.79. The van der Waals surface area contributed by atoms with Crippen molar-refractivity contribution in [3.05, 3.63) is 63.7 Å². The summed E-state index contributed by atoms with van der Waals surface area (Å²) in [4.78, 5) is 29.5. The third kappa shape index (κ3) is 3.91. The number of H-pyrrole nitrogens is 1. The van der Waals surface area contributed by atoms with Crippen molar-refractivity contribution in [3.8, 4) is 5.75 Å². The van der Waals surface area contributed by atoms with Crippen molar-refractivity contribution in [3.63, 3.8) is 0 Å². The Morgan fingerprint density at radius 1 is 1.25 bits per heavy atom. The summed E-state index contributed by atoms with van der Waals surface area (Å²) < 4.78 is 12.1. The molecule has 1 amide bonds. The van der Waals surface area contributed by atoms with E-state index in [1.165, 1.54) is 4.52 Å². The lowest BCUT2D eigenvalue weighted by molar-refractivity contribution is -0.122. The molecule has 2 atom stereocenters. The number of rotatable bonds is 7. The summed E-state index contributed by atoms with van der Waals surface area (Å²) in [5.41, 5.74) is 2.09. The second-order valence-corrected chi connectivity index (χ2v) is 6.60. The second-order valence-electron chi connectivity index (χ2n) is 6.60. The summed E-state index contributed by atoms with van der Waals surface area (Å²) in [6.45, 7) is 3.60. The molecule has 0 saturated heterocycles. The lowest BCUT2D eigenvalue weighted by atomic mass is 10.0. The van der Waals surface area contributed by atoms with Crippen LogP contribution in [0.15, 0.2) is 41.3 Å². The van der Waals surface area contributed by atoms with Crippen molar-refractivity contribution in [1.82, 2.24) is 19.9 Å². The molecule has 2 heterocycles. The summed E-state index contributed by atoms with van der Waals surface area (Å²) in [5.74, 6) is 0.481. The number of methoxy groups -OCH3 is 2. The number of carbonyl (C=O) groups is 1. The zero-order valence-corrected chi connectivity index (χ0v) is 16.4. The van der Waals surface area contributed by atoms with Gasteiger partial charge in [-0.1, -0.05) is 12.1 Å². The topological polar surface area (TPSA) is 97.7 Å². The molecular weight excluding hydrogens is 360 g/mol. The molecule has 0 aliphatic heterocycles. The summed E-state index contributed by atoms with van der Waals surface area (Å²) in [5, 5.41) is 5.73. The third-order valence-electron chi connectivity index (χ3n) is 4.72. The van der Waals surface area contributed by atoms with Gasteiger partial charge in [-0.3, -0.25) is 14.7 Å². The molecule has 148 valence electrons. The minimum Gasteiger partial charge on any atom is -0.497 e. The highest BCUT2D eigenvalue weighted by Crippen LogP contribution is 2.23. The van der Waals surface area contributed by atoms with Gasteiger partial charge in [-0.05, 0) is 31.5 Å². The second kappa shape index (κ2) is 8.26. The van der Waals surface area contributed by atoms with Gasteiger partial charge in [0.25, 0.3) is 5.56 Å². The van der Waals surface area contributed by atoms with Gasteiger partial charge in [0.05, 0.1) is 19.6 Å². The van der Waals surface area contributed by atoms with Crippen molar-refractivity contribution >= 4 is 11.6 Å². The Hall–Kier alpha value is -3.13. The third-order valence-corrected chi connectivity index (χ3v) is 4.72. The fourth-order valence-corrected chi connectivity index (χ4v) is 3.27. The number of hydrogen-bond donors (Lipinski definition) is 2. The molecule has 0 saturated carbocycles. The maximum Gasteiger partial charge on any atom is 0.276 e. The van der Waals surface area contributed by atoms with E-state index in [0.29, 0.717) is 16.9 Å². The predicted molar refractivity (Wildman–Crippen MR) is 105 cm³/mol. The SMILES string of the molecule is COc1ccc(C(OC)C(C)NC(=O)Cc2c(C)nc3cc[nH]n3c2=O)cc1. The first kappa shape index (κ1) is 19.6. The first-order valence-corrected chi connectivity index (χ1v) is 8.96. The van der Waals surface area contributed by atoms with Crippen LogP contribution in [0.25, 0.3) is 5.65 Å². The van der Waals surface area contributed by atoms with Gasteiger partial charge in [0.1, 0.15) is 11.9 Å². The van der Waals surface area contributed by atoms with Crippen LogP contribution in [-0.2, 0) is 16.0 Å². The van der Waals surface area contributed by atoms with Crippen LogP contribution in [-0.4, -0.2) is 40.8 Å². The van der Waals surface area contributed by atoms with Gasteiger partial charge in [-0.25, -0.2) is 9.50 Å². The van der Waals surface area contributed by atoms with Gasteiger partial charge in [0, 0.05) is 30.6 Å². The Morgan fingerprint density at radius 2 is 1.96 bits per heavy atom. The monoisotopic (exact) mass is 384 g/mol. The fraction of sp³-hybridized carbons (Fsp3) is 0.350. The molecule has 2 aromatic heterocycles. The molecule has 0 spiro atoms. The number of benzene rings is 1. The summed E-state index contributed by atoms with van der Waals surface area (Å²) in [6.07, 6.45) is 1.25. The summed E-state index contributed by atoms with van der Waals surface area (Å²) >= 11 is 0. The Kier molecular flexibility index (Phi) is 5.79. The fourth-order valence-electron chi connectivity index (χ4n) is 3.27. The van der Waals surface area contributed by atoms with Crippen molar-refractivity contribution in [1.29, 1.82) is 0 Å². The zero-order chi connectivity index (χ0) is 20.3. The van der Waals surface area contributed by atoms with E-state index < -0.39 is 0 Å². The van der Waals surface area contributed by atoms with Crippen LogP contribution in [0, 0.1) is 6.92 Å². The Morgan fingerprint density at radius 3 is 2.61 bits per heavy atom. The van der Waals surface area contributed by atoms with E-state index >= 15 is 0 Å². The van der Waals surface area contributed by atoms with E-state index in [0.717, 1.165) is 11.3 Å². The van der Waals surface area contributed by atoms with Crippen molar-refractivity contribution in [2.24, 2.45) is 0 Å². The zero-order valence-electron chi connectivity index (χ0n) is 16.4. The summed E-state index contributed by atoms with van der Waals surface area (Å²) in [6, 6.07) is 8.90. The van der Waals surface area contributed by atoms with Crippen LogP contribution in [0.3, 0.4) is 0 Å². The minimum atomic E-state index is -0.332. The van der Waals surface area contributed by atoms with E-state index in [2.05, 4.69) is 15.4 Å². The van der Waals surface area contributed by atoms with Gasteiger partial charge >= 0.3 is 0 Å². The van der Waals surface area contributed by atoms with E-state index in [9.17, 15) is 9.59 Å². The number of ether oxygens (including phenoxy) is 2. The number of fused-ring (bicyclic) bond motifs is 1. The predicted octanol–water partition coefficient (Wildman–Crippen LogP) is 1.77. The average molecular weight is 384 g/mol. The molecule has 1 aromatic carbocycles. The first-order valence-electron chi connectivity index (χ1n) is 8.96. The number of amides is 1. The van der Waals surface area contributed by atoms with Crippen LogP contribution in [0.2, 0.25) is 0 Å². The van der Waals surface area contributed by atoms with Gasteiger partial charge in [-0.2, -0.15) is 0 Å². The first-order chi connectivity index (χ1) is 13.4. The highest BCUT2D eigenvalue weighted by Gasteiger charge is 2.22. The lowest BCUT2D eigenvalue weighted by Crippen LogP contribution is -2.39. The van der Waals surface area contributed by atoms with Crippen molar-refractivity contribution in [2.75, 3.05) is 14.2 Å². The van der Waals surface area contributed by atoms with Crippen LogP contribution in [0.4, 0.5) is 0 Å². The molecule has 8 nitrogen and oxygen atoms in total. The Bertz CT molecular complexity index is 1020. The summed E-state index contributed by atoms with van der Waals surface area (Å²) in [7, 11) is 3.20. The van der Waals surface area contributed by atoms with E-state index in [1.54, 1.807) is 33.4 Å². The number of aromatic nitrogens is 3. The molecule has 3 rings (SSSR count). The molecule has 0 bridgehead atoms. The maximum atomic E-state index is 12.6. The van der Waals surface area contributed by atoms with E-state index in [4.69, 9.17) is 9.47 Å². The van der Waals surface area contributed by atoms with E-state index in [1.807, 2.05) is 31.2 Å². The van der Waals surface area contributed by atoms with E-state index in [-0.39, 0.29) is 30.0 Å². The molecule has 2 unspecified atom stereocenters. The Balaban J connectivity index is 1.73. The lowest BCUT2D eigenvalue weighted by Gasteiger charge is -2.24. The maximum absolute atomic E-state index is 12.6. The van der Waals surface area contributed by atoms with Gasteiger partial charge in [0.15, 0.2) is 5.65 Å². The molecule has 8 heteroatoms. The molecule has 28 heavy (non-hydrogen) atoms. The largest absolute Gasteiger partial charge is 0.497 e. The molecule has 0 radical (unpaired) electrons. The molecule has 0 fully saturated rings. The highest BCUT2D eigenvalue weighted by atomic mass is 16.5.